The van der Waals surface area contributed by atoms with Crippen LogP contribution in [0, 0.1) is 18.6 Å². The molecule has 0 radical (unpaired) electrons. The first-order valence-electron chi connectivity index (χ1n) is 13.8. The second-order valence-corrected chi connectivity index (χ2v) is 10.3. The Hall–Kier alpha value is -3.50. The molecule has 39 heavy (non-hydrogen) atoms. The number of para-hydroxylation sites is 2. The van der Waals surface area contributed by atoms with Gasteiger partial charge in [-0.05, 0) is 30.7 Å². The normalized spacial score (nSPS) is 20.4. The van der Waals surface area contributed by atoms with Crippen molar-refractivity contribution in [2.45, 2.75) is 13.0 Å². The minimum Gasteiger partial charge on any atom is -0.378 e. The molecule has 0 bridgehead atoms. The van der Waals surface area contributed by atoms with Gasteiger partial charge in [-0.3, -0.25) is 0 Å². The zero-order valence-corrected chi connectivity index (χ0v) is 22.3. The van der Waals surface area contributed by atoms with Crippen molar-refractivity contribution < 1.29 is 13.5 Å². The molecule has 1 atom stereocenters. The van der Waals surface area contributed by atoms with E-state index in [1.807, 2.05) is 26.8 Å². The molecule has 3 fully saturated rings. The van der Waals surface area contributed by atoms with Crippen molar-refractivity contribution in [2.24, 2.45) is 0 Å². The quantitative estimate of drug-likeness (QED) is 0.534. The van der Waals surface area contributed by atoms with Crippen LogP contribution in [0.4, 0.5) is 31.8 Å². The Kier molecular flexibility index (Phi) is 7.47. The third-order valence-electron chi connectivity index (χ3n) is 7.86. The van der Waals surface area contributed by atoms with E-state index in [9.17, 15) is 4.39 Å². The van der Waals surface area contributed by atoms with Gasteiger partial charge in [0.15, 0.2) is 17.5 Å². The number of halogens is 2. The van der Waals surface area contributed by atoms with Gasteiger partial charge < -0.3 is 29.7 Å². The Morgan fingerprint density at radius 2 is 1.36 bits per heavy atom. The summed E-state index contributed by atoms with van der Waals surface area (Å²) in [6.45, 7) is 9.02. The highest BCUT2D eigenvalue weighted by Crippen LogP contribution is 2.31. The van der Waals surface area contributed by atoms with E-state index in [2.05, 4.69) is 35.3 Å². The molecule has 0 saturated carbocycles. The molecule has 0 aliphatic carbocycles. The summed E-state index contributed by atoms with van der Waals surface area (Å²) >= 11 is 0. The lowest BCUT2D eigenvalue weighted by atomic mass is 10.1. The van der Waals surface area contributed by atoms with Crippen molar-refractivity contribution in [3.05, 3.63) is 71.6 Å². The lowest BCUT2D eigenvalue weighted by Gasteiger charge is -2.39. The van der Waals surface area contributed by atoms with Gasteiger partial charge in [0.25, 0.3) is 0 Å². The van der Waals surface area contributed by atoms with Gasteiger partial charge in [-0.1, -0.05) is 30.3 Å². The van der Waals surface area contributed by atoms with Crippen LogP contribution in [-0.4, -0.2) is 82.1 Å². The SMILES string of the molecule is Cc1ccccc1N1CCN(c2nc(C3CN(c4ccccc4F)CCN3)nc(N3CCOCC3)c2F)CC1. The molecule has 1 N–H and O–H groups in total. The first-order valence-corrected chi connectivity index (χ1v) is 13.8. The molecule has 0 amide bonds. The van der Waals surface area contributed by atoms with Crippen molar-refractivity contribution in [3.63, 3.8) is 0 Å². The zero-order valence-electron chi connectivity index (χ0n) is 22.3. The van der Waals surface area contributed by atoms with Crippen LogP contribution in [0.5, 0.6) is 0 Å². The third kappa shape index (κ3) is 5.35. The van der Waals surface area contributed by atoms with Crippen LogP contribution in [-0.2, 0) is 4.74 Å². The highest BCUT2D eigenvalue weighted by atomic mass is 19.1. The lowest BCUT2D eigenvalue weighted by Crippen LogP contribution is -2.49. The van der Waals surface area contributed by atoms with Gasteiger partial charge in [0.1, 0.15) is 5.82 Å². The number of anilines is 4. The highest BCUT2D eigenvalue weighted by Gasteiger charge is 2.31. The van der Waals surface area contributed by atoms with Gasteiger partial charge in [-0.25, -0.2) is 14.4 Å². The van der Waals surface area contributed by atoms with Gasteiger partial charge in [-0.15, -0.1) is 0 Å². The number of aryl methyl sites for hydroxylation is 1. The number of rotatable bonds is 5. The number of nitrogens with zero attached hydrogens (tertiary/aromatic N) is 6. The molecule has 1 aromatic heterocycles. The second-order valence-electron chi connectivity index (χ2n) is 10.3. The first-order chi connectivity index (χ1) is 19.1. The van der Waals surface area contributed by atoms with E-state index < -0.39 is 0 Å². The molecule has 2 aromatic carbocycles. The maximum Gasteiger partial charge on any atom is 0.208 e. The Balaban J connectivity index is 1.29. The Labute approximate surface area is 228 Å². The largest absolute Gasteiger partial charge is 0.378 e. The molecule has 3 aliphatic rings. The van der Waals surface area contributed by atoms with E-state index in [0.717, 1.165) is 13.1 Å². The Morgan fingerprint density at radius 1 is 0.744 bits per heavy atom. The summed E-state index contributed by atoms with van der Waals surface area (Å²) in [4.78, 5) is 17.9. The van der Waals surface area contributed by atoms with Crippen LogP contribution in [0.3, 0.4) is 0 Å². The van der Waals surface area contributed by atoms with E-state index in [4.69, 9.17) is 14.7 Å². The summed E-state index contributed by atoms with van der Waals surface area (Å²) in [5.74, 6) is 0.571. The Bertz CT molecular complexity index is 1290. The highest BCUT2D eigenvalue weighted by molar-refractivity contribution is 5.58. The Morgan fingerprint density at radius 3 is 2.05 bits per heavy atom. The minimum atomic E-state index is -0.383. The van der Waals surface area contributed by atoms with Crippen molar-refractivity contribution in [1.82, 2.24) is 15.3 Å². The fraction of sp³-hybridized carbons (Fsp3) is 0.448. The molecular weight excluding hydrogens is 500 g/mol. The van der Waals surface area contributed by atoms with Crippen molar-refractivity contribution in [2.75, 3.05) is 91.7 Å². The van der Waals surface area contributed by atoms with Crippen molar-refractivity contribution >= 4 is 23.0 Å². The molecule has 3 aromatic rings. The summed E-state index contributed by atoms with van der Waals surface area (Å²) in [6.07, 6.45) is 0. The standard InChI is InChI=1S/C29H35F2N7O/c1-21-6-2-4-8-24(21)35-12-14-36(15-13-35)28-26(31)29(37-16-18-39-19-17-37)34-27(33-28)23-20-38(11-10-32-23)25-9-5-3-7-22(25)30/h2-9,23,32H,10-20H2,1H3. The van der Waals surface area contributed by atoms with Crippen molar-refractivity contribution in [1.29, 1.82) is 0 Å². The summed E-state index contributed by atoms with van der Waals surface area (Å²) in [6, 6.07) is 14.9. The van der Waals surface area contributed by atoms with Crippen LogP contribution >= 0.6 is 0 Å². The summed E-state index contributed by atoms with van der Waals surface area (Å²) < 4.78 is 36.2. The number of morpholine rings is 1. The molecule has 0 spiro atoms. The van der Waals surface area contributed by atoms with E-state index >= 15 is 4.39 Å². The lowest BCUT2D eigenvalue weighted by molar-refractivity contribution is 0.122. The monoisotopic (exact) mass is 535 g/mol. The molecule has 10 heteroatoms. The minimum absolute atomic E-state index is 0.251. The van der Waals surface area contributed by atoms with Gasteiger partial charge in [0.2, 0.25) is 5.82 Å². The second kappa shape index (κ2) is 11.3. The molecule has 3 saturated heterocycles. The third-order valence-corrected chi connectivity index (χ3v) is 7.86. The van der Waals surface area contributed by atoms with E-state index in [1.54, 1.807) is 12.1 Å². The van der Waals surface area contributed by atoms with Gasteiger partial charge in [0.05, 0.1) is 24.9 Å². The predicted octanol–water partition coefficient (Wildman–Crippen LogP) is 3.38. The summed E-state index contributed by atoms with van der Waals surface area (Å²) in [5.41, 5.74) is 3.01. The molecule has 6 rings (SSSR count). The average molecular weight is 536 g/mol. The zero-order chi connectivity index (χ0) is 26.8. The van der Waals surface area contributed by atoms with Crippen LogP contribution in [0.1, 0.15) is 17.4 Å². The van der Waals surface area contributed by atoms with Gasteiger partial charge in [-0.2, -0.15) is 4.39 Å². The number of hydrogen-bond donors (Lipinski definition) is 1. The smallest absolute Gasteiger partial charge is 0.208 e. The van der Waals surface area contributed by atoms with Crippen LogP contribution < -0.4 is 24.9 Å². The molecule has 3 aliphatic heterocycles. The van der Waals surface area contributed by atoms with E-state index in [1.165, 1.54) is 17.3 Å². The maximum absolute atomic E-state index is 16.1. The summed E-state index contributed by atoms with van der Waals surface area (Å²) in [7, 11) is 0. The molecule has 1 unspecified atom stereocenters. The molecule has 206 valence electrons. The van der Waals surface area contributed by atoms with Crippen molar-refractivity contribution in [3.8, 4) is 0 Å². The maximum atomic E-state index is 16.1. The number of ether oxygens (including phenoxy) is 1. The number of piperazine rings is 2. The number of benzene rings is 2. The number of hydrogen-bond acceptors (Lipinski definition) is 8. The average Bonchev–Trinajstić information content (AvgIpc) is 2.98. The number of nitrogens with one attached hydrogen (secondary N) is 1. The molecular formula is C29H35F2N7O. The fourth-order valence-corrected chi connectivity index (χ4v) is 5.72. The van der Waals surface area contributed by atoms with Crippen LogP contribution in [0.2, 0.25) is 0 Å². The van der Waals surface area contributed by atoms with Gasteiger partial charge >= 0.3 is 0 Å². The van der Waals surface area contributed by atoms with Gasteiger partial charge in [0, 0.05) is 64.6 Å². The fourth-order valence-electron chi connectivity index (χ4n) is 5.72. The summed E-state index contributed by atoms with van der Waals surface area (Å²) in [5, 5.41) is 3.49. The topological polar surface area (TPSA) is 60.0 Å². The predicted molar refractivity (Wildman–Crippen MR) is 150 cm³/mol. The molecule has 8 nitrogen and oxygen atoms in total. The van der Waals surface area contributed by atoms with E-state index in [-0.39, 0.29) is 17.7 Å². The number of aromatic nitrogens is 2. The first kappa shape index (κ1) is 25.8. The van der Waals surface area contributed by atoms with E-state index in [0.29, 0.717) is 82.2 Å². The molecule has 4 heterocycles. The van der Waals surface area contributed by atoms with Crippen LogP contribution in [0.25, 0.3) is 0 Å². The van der Waals surface area contributed by atoms with Crippen LogP contribution in [0.15, 0.2) is 48.5 Å².